The third-order valence-electron chi connectivity index (χ3n) is 10.5. The molecule has 0 radical (unpaired) electrons. The summed E-state index contributed by atoms with van der Waals surface area (Å²) in [4.78, 5) is 10.6. The van der Waals surface area contributed by atoms with Crippen molar-refractivity contribution in [2.75, 3.05) is 0 Å². The van der Waals surface area contributed by atoms with Crippen molar-refractivity contribution >= 4 is 44.1 Å². The molecule has 1 saturated carbocycles. The molecule has 1 heterocycles. The lowest BCUT2D eigenvalue weighted by atomic mass is 10.0. The molecule has 1 aliphatic carbocycles. The molecule has 240 valence electrons. The van der Waals surface area contributed by atoms with Crippen LogP contribution in [0.15, 0.2) is 180 Å². The van der Waals surface area contributed by atoms with Crippen LogP contribution in [0.2, 0.25) is 0 Å². The second kappa shape index (κ2) is 12.1. The summed E-state index contributed by atoms with van der Waals surface area (Å²) in [5.41, 5.74) is 10.00. The smallest absolute Gasteiger partial charge is 0.155 e. The summed E-state index contributed by atoms with van der Waals surface area (Å²) < 4.78 is 2.41. The molecule has 0 aliphatic heterocycles. The van der Waals surface area contributed by atoms with Crippen LogP contribution in [-0.2, 0) is 5.54 Å². The number of hydrogen-bond acceptors (Lipinski definition) is 1. The number of fused-ring (bicyclic) bond motifs is 5. The standard InChI is InChI=1S/C47H37N3/c1-32-31-47(32,39-19-10-5-11-20-39)49-46(37-17-8-4-9-18-37)48-33(2)34-22-26-40(27-23-34)50-43-29-25-36-16-12-13-21-41(36)45(43)42-28-24-38(30-44(42)50)35-14-6-3-7-15-35/h3-30,32H,31H2,1-2H3. The average molecular weight is 644 g/mol. The maximum absolute atomic E-state index is 5.42. The second-order valence-electron chi connectivity index (χ2n) is 13.6. The molecular formula is C47H37N3. The molecule has 8 aromatic rings. The molecule has 0 amide bonds. The maximum atomic E-state index is 5.42. The highest BCUT2D eigenvalue weighted by atomic mass is 15.0. The van der Waals surface area contributed by atoms with Crippen LogP contribution < -0.4 is 0 Å². The molecule has 50 heavy (non-hydrogen) atoms. The molecule has 2 atom stereocenters. The topological polar surface area (TPSA) is 29.6 Å². The average Bonchev–Trinajstić information content (AvgIpc) is 3.72. The highest BCUT2D eigenvalue weighted by molar-refractivity contribution is 6.21. The summed E-state index contributed by atoms with van der Waals surface area (Å²) in [5, 5.41) is 5.05. The van der Waals surface area contributed by atoms with Crippen LogP contribution in [0.3, 0.4) is 0 Å². The Hall–Kier alpha value is -6.06. The molecule has 1 aromatic heterocycles. The SMILES string of the molecule is CC(=NC(=NC1(c2ccccc2)CC1C)c1ccccc1)c1ccc(-n2c3cc(-c4ccccc4)ccc3c3c4ccccc4ccc32)cc1. The quantitative estimate of drug-likeness (QED) is 0.127. The largest absolute Gasteiger partial charge is 0.309 e. The van der Waals surface area contributed by atoms with Gasteiger partial charge in [0.25, 0.3) is 0 Å². The number of nitrogens with zero attached hydrogens (tertiary/aromatic N) is 3. The van der Waals surface area contributed by atoms with Gasteiger partial charge in [-0.15, -0.1) is 0 Å². The fourth-order valence-corrected chi connectivity index (χ4v) is 7.64. The molecule has 0 bridgehead atoms. The Labute approximate surface area is 292 Å². The predicted molar refractivity (Wildman–Crippen MR) is 211 cm³/mol. The normalized spacial score (nSPS) is 17.8. The van der Waals surface area contributed by atoms with Crippen LogP contribution in [0.25, 0.3) is 49.4 Å². The van der Waals surface area contributed by atoms with E-state index in [0.717, 1.165) is 34.8 Å². The van der Waals surface area contributed by atoms with Crippen molar-refractivity contribution in [3.8, 4) is 16.8 Å². The molecule has 7 aromatic carbocycles. The molecule has 0 N–H and O–H groups in total. The Morgan fingerprint density at radius 3 is 1.98 bits per heavy atom. The van der Waals surface area contributed by atoms with Crippen molar-refractivity contribution in [3.63, 3.8) is 0 Å². The van der Waals surface area contributed by atoms with Gasteiger partial charge in [-0.3, -0.25) is 4.99 Å². The fourth-order valence-electron chi connectivity index (χ4n) is 7.64. The van der Waals surface area contributed by atoms with Crippen molar-refractivity contribution in [3.05, 3.63) is 187 Å². The minimum Gasteiger partial charge on any atom is -0.309 e. The van der Waals surface area contributed by atoms with E-state index in [1.807, 2.05) is 6.07 Å². The number of rotatable bonds is 6. The Morgan fingerprint density at radius 1 is 0.600 bits per heavy atom. The van der Waals surface area contributed by atoms with Gasteiger partial charge in [0.05, 0.1) is 16.6 Å². The number of aliphatic imine (C=N–C) groups is 2. The van der Waals surface area contributed by atoms with E-state index >= 15 is 0 Å². The molecule has 1 fully saturated rings. The summed E-state index contributed by atoms with van der Waals surface area (Å²) in [5.74, 6) is 1.24. The first-order chi connectivity index (χ1) is 24.6. The summed E-state index contributed by atoms with van der Waals surface area (Å²) in [7, 11) is 0. The molecule has 3 heteroatoms. The van der Waals surface area contributed by atoms with Crippen LogP contribution in [0.4, 0.5) is 0 Å². The molecule has 1 aliphatic rings. The zero-order valence-electron chi connectivity index (χ0n) is 28.3. The van der Waals surface area contributed by atoms with Crippen LogP contribution >= 0.6 is 0 Å². The number of amidine groups is 1. The number of aromatic nitrogens is 1. The Kier molecular flexibility index (Phi) is 7.28. The van der Waals surface area contributed by atoms with Gasteiger partial charge < -0.3 is 4.57 Å². The van der Waals surface area contributed by atoms with Crippen LogP contribution in [0, 0.1) is 5.92 Å². The summed E-state index contributed by atoms with van der Waals surface area (Å²) >= 11 is 0. The van der Waals surface area contributed by atoms with E-state index in [4.69, 9.17) is 9.98 Å². The first-order valence-corrected chi connectivity index (χ1v) is 17.5. The van der Waals surface area contributed by atoms with Crippen molar-refractivity contribution in [2.24, 2.45) is 15.9 Å². The van der Waals surface area contributed by atoms with Gasteiger partial charge in [-0.25, -0.2) is 4.99 Å². The van der Waals surface area contributed by atoms with Crippen molar-refractivity contribution in [1.29, 1.82) is 0 Å². The van der Waals surface area contributed by atoms with Crippen LogP contribution in [-0.4, -0.2) is 16.1 Å². The van der Waals surface area contributed by atoms with E-state index in [2.05, 4.69) is 182 Å². The Balaban J connectivity index is 1.16. The zero-order valence-corrected chi connectivity index (χ0v) is 28.3. The van der Waals surface area contributed by atoms with Gasteiger partial charge in [0.2, 0.25) is 0 Å². The van der Waals surface area contributed by atoms with Gasteiger partial charge in [0, 0.05) is 27.7 Å². The van der Waals surface area contributed by atoms with E-state index in [0.29, 0.717) is 5.92 Å². The maximum Gasteiger partial charge on any atom is 0.155 e. The Morgan fingerprint density at radius 2 is 1.26 bits per heavy atom. The highest BCUT2D eigenvalue weighted by Crippen LogP contribution is 2.55. The van der Waals surface area contributed by atoms with Gasteiger partial charge in [-0.05, 0) is 76.6 Å². The predicted octanol–water partition coefficient (Wildman–Crippen LogP) is 11.8. The number of hydrogen-bond donors (Lipinski definition) is 0. The zero-order chi connectivity index (χ0) is 33.7. The van der Waals surface area contributed by atoms with Crippen LogP contribution in [0.1, 0.15) is 37.0 Å². The van der Waals surface area contributed by atoms with Gasteiger partial charge in [0.1, 0.15) is 0 Å². The molecule has 3 nitrogen and oxygen atoms in total. The summed E-state index contributed by atoms with van der Waals surface area (Å²) in [6.07, 6.45) is 1.02. The van der Waals surface area contributed by atoms with E-state index in [1.54, 1.807) is 0 Å². The molecular weight excluding hydrogens is 607 g/mol. The van der Waals surface area contributed by atoms with E-state index in [9.17, 15) is 0 Å². The van der Waals surface area contributed by atoms with Gasteiger partial charge in [0.15, 0.2) is 5.84 Å². The van der Waals surface area contributed by atoms with Gasteiger partial charge in [-0.1, -0.05) is 153 Å². The van der Waals surface area contributed by atoms with E-state index < -0.39 is 0 Å². The molecule has 0 spiro atoms. The van der Waals surface area contributed by atoms with Gasteiger partial charge in [-0.2, -0.15) is 0 Å². The highest BCUT2D eigenvalue weighted by Gasteiger charge is 2.53. The van der Waals surface area contributed by atoms with Crippen molar-refractivity contribution in [2.45, 2.75) is 25.8 Å². The lowest BCUT2D eigenvalue weighted by Gasteiger charge is -2.15. The lowest BCUT2D eigenvalue weighted by molar-refractivity contribution is 0.667. The third kappa shape index (κ3) is 5.14. The minimum absolute atomic E-state index is 0.237. The minimum atomic E-state index is -0.237. The van der Waals surface area contributed by atoms with E-state index in [1.165, 1.54) is 49.3 Å². The monoisotopic (exact) mass is 643 g/mol. The third-order valence-corrected chi connectivity index (χ3v) is 10.5. The fraction of sp³-hybridized carbons (Fsp3) is 0.106. The first-order valence-electron chi connectivity index (χ1n) is 17.5. The summed E-state index contributed by atoms with van der Waals surface area (Å²) in [6, 6.07) is 60.7. The van der Waals surface area contributed by atoms with E-state index in [-0.39, 0.29) is 5.54 Å². The van der Waals surface area contributed by atoms with Crippen molar-refractivity contribution in [1.82, 2.24) is 4.57 Å². The molecule has 2 unspecified atom stereocenters. The molecule has 9 rings (SSSR count). The van der Waals surface area contributed by atoms with Crippen LogP contribution in [0.5, 0.6) is 0 Å². The first kappa shape index (κ1) is 30.0. The molecule has 0 saturated heterocycles. The van der Waals surface area contributed by atoms with Gasteiger partial charge >= 0.3 is 0 Å². The number of benzene rings is 7. The lowest BCUT2D eigenvalue weighted by Crippen LogP contribution is -2.12. The van der Waals surface area contributed by atoms with Crippen molar-refractivity contribution < 1.29 is 0 Å². The Bertz CT molecular complexity index is 2560. The summed E-state index contributed by atoms with van der Waals surface area (Å²) in [6.45, 7) is 4.38. The second-order valence-corrected chi connectivity index (χ2v) is 13.6.